The fraction of sp³-hybridized carbons (Fsp3) is 0.417. The molecular weight excluding hydrogens is 321 g/mol. The van der Waals surface area contributed by atoms with Gasteiger partial charge in [-0.25, -0.2) is 0 Å². The Kier molecular flexibility index (Phi) is 6.24. The van der Waals surface area contributed by atoms with Gasteiger partial charge in [-0.15, -0.1) is 0 Å². The Bertz CT molecular complexity index is 614. The molecule has 0 fully saturated rings. The van der Waals surface area contributed by atoms with E-state index in [9.17, 15) is 8.42 Å². The first kappa shape index (κ1) is 17.2. The number of nitrogens with one attached hydrogen (secondary N) is 1. The molecule has 1 atom stereocenters. The standard InChI is InChI=1S/C12H15Cl2N3O2S/c1-9(11-5-4-10(13)8-12(11)14)16-20(18,19)17(2)7-3-6-15/h4-5,8-9,16H,3,7H2,1-2H3/t9-/m1/s1. The SMILES string of the molecule is C[C@@H](NS(=O)(=O)N(C)CCC#N)c1ccc(Cl)cc1Cl. The smallest absolute Gasteiger partial charge is 0.198 e. The van der Waals surface area contributed by atoms with Crippen LogP contribution in [0.15, 0.2) is 18.2 Å². The van der Waals surface area contributed by atoms with E-state index in [1.165, 1.54) is 7.05 Å². The van der Waals surface area contributed by atoms with Crippen molar-refractivity contribution in [2.24, 2.45) is 0 Å². The van der Waals surface area contributed by atoms with Crippen LogP contribution < -0.4 is 4.72 Å². The number of hydrogen-bond acceptors (Lipinski definition) is 3. The third-order valence-electron chi connectivity index (χ3n) is 2.70. The molecule has 0 unspecified atom stereocenters. The summed E-state index contributed by atoms with van der Waals surface area (Å²) in [4.78, 5) is 0. The van der Waals surface area contributed by atoms with Crippen molar-refractivity contribution in [1.82, 2.24) is 9.03 Å². The summed E-state index contributed by atoms with van der Waals surface area (Å²) in [5, 5.41) is 9.36. The lowest BCUT2D eigenvalue weighted by molar-refractivity contribution is 0.456. The number of nitrogens with zero attached hydrogens (tertiary/aromatic N) is 2. The summed E-state index contributed by atoms with van der Waals surface area (Å²) in [6.45, 7) is 1.82. The van der Waals surface area contributed by atoms with Crippen LogP contribution in [0.3, 0.4) is 0 Å². The van der Waals surface area contributed by atoms with E-state index in [4.69, 9.17) is 28.5 Å². The zero-order valence-electron chi connectivity index (χ0n) is 11.1. The zero-order valence-corrected chi connectivity index (χ0v) is 13.4. The van der Waals surface area contributed by atoms with Gasteiger partial charge in [0, 0.05) is 36.1 Å². The van der Waals surface area contributed by atoms with Gasteiger partial charge in [-0.2, -0.15) is 22.7 Å². The van der Waals surface area contributed by atoms with Crippen molar-refractivity contribution in [2.75, 3.05) is 13.6 Å². The monoisotopic (exact) mass is 335 g/mol. The molecule has 1 aromatic carbocycles. The van der Waals surface area contributed by atoms with Crippen molar-refractivity contribution < 1.29 is 8.42 Å². The number of nitriles is 1. The fourth-order valence-corrected chi connectivity index (χ4v) is 3.21. The molecule has 0 saturated carbocycles. The van der Waals surface area contributed by atoms with Crippen molar-refractivity contribution >= 4 is 33.4 Å². The molecule has 0 amide bonds. The maximum absolute atomic E-state index is 12.0. The number of rotatable bonds is 6. The summed E-state index contributed by atoms with van der Waals surface area (Å²) in [5.41, 5.74) is 0.633. The first-order valence-electron chi connectivity index (χ1n) is 5.83. The molecule has 0 aromatic heterocycles. The van der Waals surface area contributed by atoms with Crippen LogP contribution in [0.25, 0.3) is 0 Å². The van der Waals surface area contributed by atoms with Gasteiger partial charge in [0.1, 0.15) is 0 Å². The fourth-order valence-electron chi connectivity index (χ4n) is 1.56. The van der Waals surface area contributed by atoms with Crippen molar-refractivity contribution in [3.8, 4) is 6.07 Å². The van der Waals surface area contributed by atoms with Crippen molar-refractivity contribution in [3.63, 3.8) is 0 Å². The Balaban J connectivity index is 2.84. The van der Waals surface area contributed by atoms with Crippen LogP contribution in [0, 0.1) is 11.3 Å². The van der Waals surface area contributed by atoms with Crippen LogP contribution in [0.5, 0.6) is 0 Å². The Labute approximate surface area is 129 Å². The van der Waals surface area contributed by atoms with Crippen LogP contribution in [0.4, 0.5) is 0 Å². The summed E-state index contributed by atoms with van der Waals surface area (Å²) in [6.07, 6.45) is 0.132. The Morgan fingerprint density at radius 2 is 2.10 bits per heavy atom. The van der Waals surface area contributed by atoms with E-state index in [0.717, 1.165) is 4.31 Å². The van der Waals surface area contributed by atoms with E-state index in [1.54, 1.807) is 25.1 Å². The average Bonchev–Trinajstić information content (AvgIpc) is 2.34. The molecule has 1 rings (SSSR count). The van der Waals surface area contributed by atoms with E-state index in [-0.39, 0.29) is 13.0 Å². The van der Waals surface area contributed by atoms with Gasteiger partial charge in [0.05, 0.1) is 6.07 Å². The second kappa shape index (κ2) is 7.25. The van der Waals surface area contributed by atoms with E-state index < -0.39 is 16.3 Å². The summed E-state index contributed by atoms with van der Waals surface area (Å²) >= 11 is 11.8. The highest BCUT2D eigenvalue weighted by atomic mass is 35.5. The van der Waals surface area contributed by atoms with Crippen LogP contribution in [0.1, 0.15) is 24.9 Å². The van der Waals surface area contributed by atoms with Gasteiger partial charge in [0.15, 0.2) is 0 Å². The number of benzene rings is 1. The van der Waals surface area contributed by atoms with Crippen LogP contribution in [-0.2, 0) is 10.2 Å². The molecule has 0 heterocycles. The molecule has 0 aliphatic carbocycles. The third kappa shape index (κ3) is 4.62. The molecule has 0 radical (unpaired) electrons. The summed E-state index contributed by atoms with van der Waals surface area (Å²) < 4.78 is 27.7. The Morgan fingerprint density at radius 3 is 2.65 bits per heavy atom. The van der Waals surface area contributed by atoms with Gasteiger partial charge in [-0.3, -0.25) is 0 Å². The summed E-state index contributed by atoms with van der Waals surface area (Å²) in [6, 6.07) is 6.27. The molecule has 1 N–H and O–H groups in total. The van der Waals surface area contributed by atoms with Gasteiger partial charge in [0.25, 0.3) is 10.2 Å². The first-order valence-corrected chi connectivity index (χ1v) is 8.03. The van der Waals surface area contributed by atoms with E-state index >= 15 is 0 Å². The molecule has 0 saturated heterocycles. The topological polar surface area (TPSA) is 73.2 Å². The molecule has 5 nitrogen and oxygen atoms in total. The molecule has 0 aliphatic heterocycles. The van der Waals surface area contributed by atoms with E-state index in [0.29, 0.717) is 15.6 Å². The van der Waals surface area contributed by atoms with Gasteiger partial charge < -0.3 is 0 Å². The molecule has 0 spiro atoms. The Hall–Kier alpha value is -0.840. The maximum atomic E-state index is 12.0. The summed E-state index contributed by atoms with van der Waals surface area (Å²) in [5.74, 6) is 0. The highest BCUT2D eigenvalue weighted by Gasteiger charge is 2.21. The van der Waals surface area contributed by atoms with Crippen LogP contribution in [-0.4, -0.2) is 26.3 Å². The molecular formula is C12H15Cl2N3O2S. The Morgan fingerprint density at radius 1 is 1.45 bits per heavy atom. The minimum absolute atomic E-state index is 0.132. The van der Waals surface area contributed by atoms with Crippen LogP contribution in [0.2, 0.25) is 10.0 Å². The lowest BCUT2D eigenvalue weighted by Crippen LogP contribution is -2.39. The number of halogens is 2. The van der Waals surface area contributed by atoms with Gasteiger partial charge >= 0.3 is 0 Å². The quantitative estimate of drug-likeness (QED) is 0.868. The van der Waals surface area contributed by atoms with Crippen molar-refractivity contribution in [1.29, 1.82) is 5.26 Å². The molecule has 20 heavy (non-hydrogen) atoms. The highest BCUT2D eigenvalue weighted by molar-refractivity contribution is 7.87. The van der Waals surface area contributed by atoms with Gasteiger partial charge in [-0.05, 0) is 24.6 Å². The zero-order chi connectivity index (χ0) is 15.3. The number of hydrogen-bond donors (Lipinski definition) is 1. The van der Waals surface area contributed by atoms with Crippen LogP contribution >= 0.6 is 23.2 Å². The second-order valence-electron chi connectivity index (χ2n) is 4.24. The molecule has 8 heteroatoms. The molecule has 0 bridgehead atoms. The predicted molar refractivity (Wildman–Crippen MR) is 79.8 cm³/mol. The highest BCUT2D eigenvalue weighted by Crippen LogP contribution is 2.26. The second-order valence-corrected chi connectivity index (χ2v) is 6.89. The largest absolute Gasteiger partial charge is 0.279 e. The van der Waals surface area contributed by atoms with Gasteiger partial charge in [-0.1, -0.05) is 29.3 Å². The van der Waals surface area contributed by atoms with Crippen molar-refractivity contribution in [2.45, 2.75) is 19.4 Å². The van der Waals surface area contributed by atoms with Crippen molar-refractivity contribution in [3.05, 3.63) is 33.8 Å². The lowest BCUT2D eigenvalue weighted by atomic mass is 10.1. The normalized spacial score (nSPS) is 13.2. The maximum Gasteiger partial charge on any atom is 0.279 e. The summed E-state index contributed by atoms with van der Waals surface area (Å²) in [7, 11) is -2.25. The average molecular weight is 336 g/mol. The lowest BCUT2D eigenvalue weighted by Gasteiger charge is -2.21. The third-order valence-corrected chi connectivity index (χ3v) is 4.92. The van der Waals surface area contributed by atoms with E-state index in [1.807, 2.05) is 6.07 Å². The first-order chi connectivity index (χ1) is 9.27. The minimum Gasteiger partial charge on any atom is -0.198 e. The molecule has 110 valence electrons. The predicted octanol–water partition coefficient (Wildman–Crippen LogP) is 2.73. The molecule has 1 aromatic rings. The minimum atomic E-state index is -3.67. The van der Waals surface area contributed by atoms with Gasteiger partial charge in [0.2, 0.25) is 0 Å². The molecule has 0 aliphatic rings. The van der Waals surface area contributed by atoms with E-state index in [2.05, 4.69) is 4.72 Å².